The molecule has 0 spiro atoms. The van der Waals surface area contributed by atoms with Crippen molar-refractivity contribution in [3.05, 3.63) is 23.4 Å². The van der Waals surface area contributed by atoms with E-state index >= 15 is 0 Å². The zero-order valence-electron chi connectivity index (χ0n) is 10.5. The Balaban J connectivity index is 2.39. The van der Waals surface area contributed by atoms with Gasteiger partial charge in [-0.3, -0.25) is 0 Å². The molecule has 2 atom stereocenters. The van der Waals surface area contributed by atoms with E-state index in [1.807, 2.05) is 19.9 Å². The second kappa shape index (κ2) is 4.72. The molecule has 0 aromatic carbocycles. The molecule has 2 rings (SSSR count). The van der Waals surface area contributed by atoms with Gasteiger partial charge >= 0.3 is 0 Å². The Labute approximate surface area is 102 Å². The van der Waals surface area contributed by atoms with Crippen LogP contribution in [0.2, 0.25) is 0 Å². The minimum atomic E-state index is 0.181. The van der Waals surface area contributed by atoms with Crippen LogP contribution in [0, 0.1) is 18.3 Å². The topological polar surface area (TPSA) is 49.2 Å². The number of anilines is 1. The van der Waals surface area contributed by atoms with Crippen LogP contribution in [0.1, 0.15) is 25.0 Å². The summed E-state index contributed by atoms with van der Waals surface area (Å²) in [6, 6.07) is 4.38. The van der Waals surface area contributed by atoms with Crippen molar-refractivity contribution < 1.29 is 4.74 Å². The van der Waals surface area contributed by atoms with Gasteiger partial charge in [-0.15, -0.1) is 0 Å². The number of nitriles is 1. The molecule has 1 aromatic rings. The fourth-order valence-corrected chi connectivity index (χ4v) is 2.10. The number of aromatic nitrogens is 1. The van der Waals surface area contributed by atoms with Gasteiger partial charge < -0.3 is 9.64 Å². The first-order valence-electron chi connectivity index (χ1n) is 5.87. The molecule has 90 valence electrons. The Morgan fingerprint density at radius 2 is 2.29 bits per heavy atom. The summed E-state index contributed by atoms with van der Waals surface area (Å²) < 4.78 is 5.59. The Morgan fingerprint density at radius 1 is 1.53 bits per heavy atom. The van der Waals surface area contributed by atoms with Crippen molar-refractivity contribution in [2.75, 3.05) is 18.1 Å². The number of morpholine rings is 1. The lowest BCUT2D eigenvalue weighted by Gasteiger charge is -2.38. The summed E-state index contributed by atoms with van der Waals surface area (Å²) in [5.41, 5.74) is 1.65. The Hall–Kier alpha value is -1.60. The van der Waals surface area contributed by atoms with Crippen LogP contribution in [0.15, 0.2) is 12.3 Å². The fraction of sp³-hybridized carbons (Fsp3) is 0.538. The molecule has 4 nitrogen and oxygen atoms in total. The third kappa shape index (κ3) is 2.25. The third-order valence-corrected chi connectivity index (χ3v) is 3.13. The van der Waals surface area contributed by atoms with Gasteiger partial charge in [0.2, 0.25) is 0 Å². The number of rotatable bonds is 1. The largest absolute Gasteiger partial charge is 0.375 e. The van der Waals surface area contributed by atoms with Crippen LogP contribution in [0.4, 0.5) is 5.82 Å². The summed E-state index contributed by atoms with van der Waals surface area (Å²) in [7, 11) is 0. The number of pyridine rings is 1. The lowest BCUT2D eigenvalue weighted by molar-refractivity contribution is 0.0340. The molecular formula is C13H17N3O. The van der Waals surface area contributed by atoms with Crippen molar-refractivity contribution in [1.82, 2.24) is 4.98 Å². The van der Waals surface area contributed by atoms with Crippen LogP contribution in [-0.4, -0.2) is 30.3 Å². The van der Waals surface area contributed by atoms with E-state index in [0.717, 1.165) is 17.9 Å². The van der Waals surface area contributed by atoms with Gasteiger partial charge in [-0.2, -0.15) is 5.26 Å². The Bertz CT molecular complexity index is 452. The molecule has 0 radical (unpaired) electrons. The lowest BCUT2D eigenvalue weighted by atomic mass is 10.1. The predicted molar refractivity (Wildman–Crippen MR) is 65.9 cm³/mol. The maximum Gasteiger partial charge on any atom is 0.147 e. The number of aryl methyl sites for hydroxylation is 1. The molecule has 2 heterocycles. The number of hydrogen-bond acceptors (Lipinski definition) is 4. The van der Waals surface area contributed by atoms with Crippen molar-refractivity contribution in [2.24, 2.45) is 0 Å². The van der Waals surface area contributed by atoms with Gasteiger partial charge in [-0.1, -0.05) is 0 Å². The average molecular weight is 231 g/mol. The van der Waals surface area contributed by atoms with Gasteiger partial charge in [-0.25, -0.2) is 4.98 Å². The summed E-state index contributed by atoms with van der Waals surface area (Å²) in [6.45, 7) is 7.55. The van der Waals surface area contributed by atoms with Gasteiger partial charge in [0.05, 0.1) is 24.3 Å². The SMILES string of the molecule is Cc1ccnc(N2CC(C)OCC2C)c1C#N. The maximum absolute atomic E-state index is 9.23. The molecule has 0 aliphatic carbocycles. The first-order chi connectivity index (χ1) is 8.13. The second-order valence-electron chi connectivity index (χ2n) is 4.58. The summed E-state index contributed by atoms with van der Waals surface area (Å²) >= 11 is 0. The third-order valence-electron chi connectivity index (χ3n) is 3.13. The van der Waals surface area contributed by atoms with E-state index in [1.54, 1.807) is 6.20 Å². The Morgan fingerprint density at radius 3 is 3.00 bits per heavy atom. The van der Waals surface area contributed by atoms with E-state index in [0.29, 0.717) is 12.2 Å². The molecule has 0 amide bonds. The van der Waals surface area contributed by atoms with E-state index in [-0.39, 0.29) is 12.1 Å². The smallest absolute Gasteiger partial charge is 0.147 e. The van der Waals surface area contributed by atoms with E-state index in [1.165, 1.54) is 0 Å². The highest BCUT2D eigenvalue weighted by Gasteiger charge is 2.26. The standard InChI is InChI=1S/C13H17N3O/c1-9-4-5-15-13(12(9)6-14)16-7-11(3)17-8-10(16)2/h4-5,10-11H,7-8H2,1-3H3. The summed E-state index contributed by atoms with van der Waals surface area (Å²) in [5.74, 6) is 0.787. The van der Waals surface area contributed by atoms with Crippen LogP contribution in [-0.2, 0) is 4.74 Å². The second-order valence-corrected chi connectivity index (χ2v) is 4.58. The van der Waals surface area contributed by atoms with Crippen LogP contribution in [0.3, 0.4) is 0 Å². The van der Waals surface area contributed by atoms with Crippen LogP contribution in [0.5, 0.6) is 0 Å². The number of nitrogens with zero attached hydrogens (tertiary/aromatic N) is 3. The molecule has 0 N–H and O–H groups in total. The minimum absolute atomic E-state index is 0.181. The molecule has 0 bridgehead atoms. The molecule has 1 aliphatic heterocycles. The highest BCUT2D eigenvalue weighted by atomic mass is 16.5. The average Bonchev–Trinajstić information content (AvgIpc) is 2.32. The molecule has 1 aliphatic rings. The molecule has 1 aromatic heterocycles. The maximum atomic E-state index is 9.23. The highest BCUT2D eigenvalue weighted by Crippen LogP contribution is 2.24. The lowest BCUT2D eigenvalue weighted by Crippen LogP contribution is -2.48. The van der Waals surface area contributed by atoms with E-state index in [4.69, 9.17) is 4.74 Å². The summed E-state index contributed by atoms with van der Waals surface area (Å²) in [5, 5.41) is 9.23. The van der Waals surface area contributed by atoms with Crippen molar-refractivity contribution in [1.29, 1.82) is 5.26 Å². The van der Waals surface area contributed by atoms with Crippen LogP contribution >= 0.6 is 0 Å². The van der Waals surface area contributed by atoms with E-state index in [9.17, 15) is 5.26 Å². The van der Waals surface area contributed by atoms with Crippen LogP contribution in [0.25, 0.3) is 0 Å². The number of ether oxygens (including phenoxy) is 1. The predicted octanol–water partition coefficient (Wildman–Crippen LogP) is 1.88. The minimum Gasteiger partial charge on any atom is -0.375 e. The normalized spacial score (nSPS) is 24.5. The monoisotopic (exact) mass is 231 g/mol. The van der Waals surface area contributed by atoms with Crippen molar-refractivity contribution >= 4 is 5.82 Å². The van der Waals surface area contributed by atoms with Crippen LogP contribution < -0.4 is 4.90 Å². The van der Waals surface area contributed by atoms with Gasteiger partial charge in [0.1, 0.15) is 11.9 Å². The first-order valence-corrected chi connectivity index (χ1v) is 5.87. The molecule has 1 saturated heterocycles. The zero-order chi connectivity index (χ0) is 12.4. The molecule has 17 heavy (non-hydrogen) atoms. The molecular weight excluding hydrogens is 214 g/mol. The Kier molecular flexibility index (Phi) is 3.30. The van der Waals surface area contributed by atoms with Gasteiger partial charge in [0.15, 0.2) is 0 Å². The van der Waals surface area contributed by atoms with Gasteiger partial charge in [0, 0.05) is 12.7 Å². The molecule has 1 fully saturated rings. The quantitative estimate of drug-likeness (QED) is 0.740. The fourth-order valence-electron chi connectivity index (χ4n) is 2.10. The van der Waals surface area contributed by atoms with Gasteiger partial charge in [0.25, 0.3) is 0 Å². The summed E-state index contributed by atoms with van der Waals surface area (Å²) in [6.07, 6.45) is 1.94. The molecule has 2 unspecified atom stereocenters. The van der Waals surface area contributed by atoms with E-state index < -0.39 is 0 Å². The van der Waals surface area contributed by atoms with Crippen molar-refractivity contribution in [2.45, 2.75) is 32.9 Å². The van der Waals surface area contributed by atoms with Crippen molar-refractivity contribution in [3.8, 4) is 6.07 Å². The van der Waals surface area contributed by atoms with Gasteiger partial charge in [-0.05, 0) is 32.4 Å². The first kappa shape index (κ1) is 11.9. The highest BCUT2D eigenvalue weighted by molar-refractivity contribution is 5.57. The number of hydrogen-bond donors (Lipinski definition) is 0. The zero-order valence-corrected chi connectivity index (χ0v) is 10.5. The molecule has 0 saturated carbocycles. The molecule has 4 heteroatoms. The summed E-state index contributed by atoms with van der Waals surface area (Å²) in [4.78, 5) is 6.53. The van der Waals surface area contributed by atoms with E-state index in [2.05, 4.69) is 22.9 Å². The van der Waals surface area contributed by atoms with Crippen molar-refractivity contribution in [3.63, 3.8) is 0 Å².